The van der Waals surface area contributed by atoms with Gasteiger partial charge in [0.25, 0.3) is 5.69 Å². The first-order valence-corrected chi connectivity index (χ1v) is 5.59. The van der Waals surface area contributed by atoms with Gasteiger partial charge in [0, 0.05) is 24.2 Å². The molecule has 0 spiro atoms. The summed E-state index contributed by atoms with van der Waals surface area (Å²) in [5.74, 6) is -1.05. The minimum atomic E-state index is -1.05. The van der Waals surface area contributed by atoms with Gasteiger partial charge in [0.1, 0.15) is 5.69 Å². The van der Waals surface area contributed by atoms with Gasteiger partial charge in [-0.3, -0.25) is 14.8 Å². The van der Waals surface area contributed by atoms with Gasteiger partial charge in [-0.2, -0.15) is 5.10 Å². The molecule has 0 bridgehead atoms. The molecule has 0 aliphatic carbocycles. The average Bonchev–Trinajstić information content (AvgIpc) is 2.83. The van der Waals surface area contributed by atoms with Crippen LogP contribution in [0, 0.1) is 10.1 Å². The number of aromatic nitrogens is 2. The van der Waals surface area contributed by atoms with Gasteiger partial charge in [0.05, 0.1) is 10.6 Å². The van der Waals surface area contributed by atoms with E-state index in [2.05, 4.69) is 5.10 Å². The van der Waals surface area contributed by atoms with E-state index in [1.807, 2.05) is 0 Å². The van der Waals surface area contributed by atoms with Crippen molar-refractivity contribution in [2.24, 2.45) is 0 Å². The second-order valence-corrected chi connectivity index (χ2v) is 3.84. The van der Waals surface area contributed by atoms with E-state index in [1.54, 1.807) is 19.1 Å². The zero-order valence-electron chi connectivity index (χ0n) is 10.1. The molecule has 1 aromatic carbocycles. The Hall–Kier alpha value is -2.70. The van der Waals surface area contributed by atoms with Crippen LogP contribution < -0.4 is 0 Å². The van der Waals surface area contributed by atoms with Gasteiger partial charge in [-0.05, 0) is 25.1 Å². The number of nitro groups is 1. The smallest absolute Gasteiger partial charge is 0.354 e. The normalized spacial score (nSPS) is 10.4. The Morgan fingerprint density at radius 2 is 2.05 bits per heavy atom. The first kappa shape index (κ1) is 12.7. The van der Waals surface area contributed by atoms with Gasteiger partial charge < -0.3 is 5.11 Å². The molecular formula is C12H11N3O4. The van der Waals surface area contributed by atoms with E-state index in [1.165, 1.54) is 22.9 Å². The monoisotopic (exact) mass is 261 g/mol. The SMILES string of the molecule is CCn1nc(-c2ccc([N+](=O)[O-])cc2)cc1C(=O)O. The van der Waals surface area contributed by atoms with Crippen LogP contribution in [-0.2, 0) is 6.54 Å². The third-order valence-electron chi connectivity index (χ3n) is 2.67. The van der Waals surface area contributed by atoms with Crippen molar-refractivity contribution in [1.29, 1.82) is 0 Å². The fourth-order valence-electron chi connectivity index (χ4n) is 1.72. The number of hydrogen-bond acceptors (Lipinski definition) is 4. The van der Waals surface area contributed by atoms with E-state index in [0.29, 0.717) is 17.8 Å². The van der Waals surface area contributed by atoms with Crippen LogP contribution in [0.1, 0.15) is 17.4 Å². The molecule has 19 heavy (non-hydrogen) atoms. The fourth-order valence-corrected chi connectivity index (χ4v) is 1.72. The fraction of sp³-hybridized carbons (Fsp3) is 0.167. The molecule has 1 N–H and O–H groups in total. The van der Waals surface area contributed by atoms with Gasteiger partial charge in [-0.1, -0.05) is 0 Å². The second kappa shape index (κ2) is 4.89. The van der Waals surface area contributed by atoms with E-state index in [-0.39, 0.29) is 11.4 Å². The minimum absolute atomic E-state index is 0.0165. The van der Waals surface area contributed by atoms with E-state index >= 15 is 0 Å². The van der Waals surface area contributed by atoms with Gasteiger partial charge >= 0.3 is 5.97 Å². The molecule has 0 atom stereocenters. The first-order valence-electron chi connectivity index (χ1n) is 5.59. The molecule has 7 heteroatoms. The summed E-state index contributed by atoms with van der Waals surface area (Å²) in [6.45, 7) is 2.23. The summed E-state index contributed by atoms with van der Waals surface area (Å²) in [6.07, 6.45) is 0. The maximum atomic E-state index is 11.0. The number of benzene rings is 1. The molecule has 7 nitrogen and oxygen atoms in total. The number of non-ortho nitro benzene ring substituents is 1. The van der Waals surface area contributed by atoms with Crippen LogP contribution in [0.3, 0.4) is 0 Å². The number of carbonyl (C=O) groups is 1. The molecule has 2 aromatic rings. The van der Waals surface area contributed by atoms with Crippen molar-refractivity contribution in [1.82, 2.24) is 9.78 Å². The molecule has 0 saturated carbocycles. The topological polar surface area (TPSA) is 98.3 Å². The third kappa shape index (κ3) is 2.44. The predicted octanol–water partition coefficient (Wildman–Crippen LogP) is 2.18. The summed E-state index contributed by atoms with van der Waals surface area (Å²) in [7, 11) is 0. The Morgan fingerprint density at radius 1 is 1.42 bits per heavy atom. The number of hydrogen-bond donors (Lipinski definition) is 1. The van der Waals surface area contributed by atoms with Crippen molar-refractivity contribution in [3.8, 4) is 11.3 Å². The zero-order chi connectivity index (χ0) is 14.0. The third-order valence-corrected chi connectivity index (χ3v) is 2.67. The highest BCUT2D eigenvalue weighted by atomic mass is 16.6. The molecule has 0 aliphatic heterocycles. The first-order chi connectivity index (χ1) is 9.02. The largest absolute Gasteiger partial charge is 0.477 e. The van der Waals surface area contributed by atoms with Gasteiger partial charge in [0.15, 0.2) is 0 Å². The molecule has 98 valence electrons. The molecule has 0 radical (unpaired) electrons. The van der Waals surface area contributed by atoms with Crippen LogP contribution >= 0.6 is 0 Å². The number of carboxylic acids is 1. The predicted molar refractivity (Wildman–Crippen MR) is 67.0 cm³/mol. The Bertz CT molecular complexity index is 631. The summed E-state index contributed by atoms with van der Waals surface area (Å²) in [6, 6.07) is 7.27. The lowest BCUT2D eigenvalue weighted by Crippen LogP contribution is -2.07. The maximum Gasteiger partial charge on any atom is 0.354 e. The van der Waals surface area contributed by atoms with Crippen molar-refractivity contribution < 1.29 is 14.8 Å². The van der Waals surface area contributed by atoms with E-state index < -0.39 is 10.9 Å². The molecule has 0 unspecified atom stereocenters. The molecule has 1 heterocycles. The van der Waals surface area contributed by atoms with Crippen LogP contribution in [0.15, 0.2) is 30.3 Å². The van der Waals surface area contributed by atoms with Crippen LogP contribution in [0.4, 0.5) is 5.69 Å². The zero-order valence-corrected chi connectivity index (χ0v) is 10.1. The summed E-state index contributed by atoms with van der Waals surface area (Å²) < 4.78 is 1.37. The highest BCUT2D eigenvalue weighted by Crippen LogP contribution is 2.22. The molecule has 0 amide bonds. The van der Waals surface area contributed by atoms with Crippen molar-refractivity contribution in [2.75, 3.05) is 0 Å². The molecule has 0 saturated heterocycles. The highest BCUT2D eigenvalue weighted by Gasteiger charge is 2.14. The van der Waals surface area contributed by atoms with E-state index in [9.17, 15) is 14.9 Å². The number of carboxylic acid groups (broad SMARTS) is 1. The minimum Gasteiger partial charge on any atom is -0.477 e. The second-order valence-electron chi connectivity index (χ2n) is 3.84. The molecule has 0 fully saturated rings. The van der Waals surface area contributed by atoms with Crippen molar-refractivity contribution in [3.63, 3.8) is 0 Å². The van der Waals surface area contributed by atoms with E-state index in [4.69, 9.17) is 5.11 Å². The summed E-state index contributed by atoms with van der Waals surface area (Å²) in [5.41, 5.74) is 1.20. The van der Waals surface area contributed by atoms with Crippen LogP contribution in [0.2, 0.25) is 0 Å². The maximum absolute atomic E-state index is 11.0. The Labute approximate surface area is 108 Å². The highest BCUT2D eigenvalue weighted by molar-refractivity contribution is 5.87. The lowest BCUT2D eigenvalue weighted by atomic mass is 10.1. The lowest BCUT2D eigenvalue weighted by molar-refractivity contribution is -0.384. The molecular weight excluding hydrogens is 250 g/mol. The molecule has 0 aliphatic rings. The Kier molecular flexibility index (Phi) is 3.28. The van der Waals surface area contributed by atoms with Gasteiger partial charge in [-0.15, -0.1) is 0 Å². The number of aromatic carboxylic acids is 1. The average molecular weight is 261 g/mol. The van der Waals surface area contributed by atoms with Crippen LogP contribution in [0.25, 0.3) is 11.3 Å². The van der Waals surface area contributed by atoms with Crippen molar-refractivity contribution in [3.05, 3.63) is 46.1 Å². The summed E-state index contributed by atoms with van der Waals surface area (Å²) in [5, 5.41) is 23.7. The van der Waals surface area contributed by atoms with Crippen molar-refractivity contribution >= 4 is 11.7 Å². The van der Waals surface area contributed by atoms with Crippen LogP contribution in [0.5, 0.6) is 0 Å². The summed E-state index contributed by atoms with van der Waals surface area (Å²) >= 11 is 0. The van der Waals surface area contributed by atoms with Crippen LogP contribution in [-0.4, -0.2) is 25.8 Å². The number of aryl methyl sites for hydroxylation is 1. The quantitative estimate of drug-likeness (QED) is 0.671. The lowest BCUT2D eigenvalue weighted by Gasteiger charge is -1.98. The van der Waals surface area contributed by atoms with E-state index in [0.717, 1.165) is 0 Å². The summed E-state index contributed by atoms with van der Waals surface area (Å²) in [4.78, 5) is 21.1. The number of nitro benzene ring substituents is 1. The Morgan fingerprint density at radius 3 is 2.47 bits per heavy atom. The number of rotatable bonds is 4. The van der Waals surface area contributed by atoms with Crippen molar-refractivity contribution in [2.45, 2.75) is 13.5 Å². The molecule has 2 rings (SSSR count). The molecule has 1 aromatic heterocycles. The van der Waals surface area contributed by atoms with Gasteiger partial charge in [0.2, 0.25) is 0 Å². The number of nitrogens with zero attached hydrogens (tertiary/aromatic N) is 3. The standard InChI is InChI=1S/C12H11N3O4/c1-2-14-11(12(16)17)7-10(13-14)8-3-5-9(6-4-8)15(18)19/h3-7H,2H2,1H3,(H,16,17). The van der Waals surface area contributed by atoms with Gasteiger partial charge in [-0.25, -0.2) is 4.79 Å². The Balaban J connectivity index is 2.41.